The Morgan fingerprint density at radius 2 is 2.26 bits per heavy atom. The second-order valence-electron chi connectivity index (χ2n) is 4.00. The number of likely N-dealkylation sites (N-methyl/N-ethyl adjacent to an activating group) is 1. The lowest BCUT2D eigenvalue weighted by Crippen LogP contribution is -2.26. The van der Waals surface area contributed by atoms with Crippen molar-refractivity contribution in [2.45, 2.75) is 26.7 Å². The fourth-order valence-corrected chi connectivity index (χ4v) is 2.56. The van der Waals surface area contributed by atoms with Gasteiger partial charge in [0, 0.05) is 32.0 Å². The van der Waals surface area contributed by atoms with Crippen molar-refractivity contribution in [3.63, 3.8) is 0 Å². The van der Waals surface area contributed by atoms with E-state index in [0.29, 0.717) is 26.1 Å². The van der Waals surface area contributed by atoms with Gasteiger partial charge in [-0.1, -0.05) is 0 Å². The lowest BCUT2D eigenvalue weighted by molar-refractivity contribution is -0.143. The maximum atomic E-state index is 11.3. The first kappa shape index (κ1) is 15.9. The Labute approximate surface area is 118 Å². The molecule has 1 heterocycles. The van der Waals surface area contributed by atoms with Gasteiger partial charge in [0.1, 0.15) is 0 Å². The molecule has 0 amide bonds. The number of nitrogens with zero attached hydrogens (tertiary/aromatic N) is 2. The predicted octanol–water partition coefficient (Wildman–Crippen LogP) is 2.11. The highest BCUT2D eigenvalue weighted by Gasteiger charge is 2.10. The third-order valence-electron chi connectivity index (χ3n) is 2.65. The van der Waals surface area contributed by atoms with Crippen LogP contribution < -0.4 is 4.90 Å². The molecule has 0 bridgehead atoms. The predicted molar refractivity (Wildman–Crippen MR) is 76.8 cm³/mol. The minimum absolute atomic E-state index is 0.163. The highest BCUT2D eigenvalue weighted by atomic mass is 32.1. The quantitative estimate of drug-likeness (QED) is 0.651. The molecule has 0 fully saturated rings. The minimum atomic E-state index is -0.163. The Morgan fingerprint density at radius 3 is 2.89 bits per heavy atom. The maximum Gasteiger partial charge on any atom is 0.306 e. The Bertz CT molecular complexity index is 382. The third-order valence-corrected chi connectivity index (χ3v) is 3.60. The lowest BCUT2D eigenvalue weighted by atomic mass is 10.2. The van der Waals surface area contributed by atoms with Crippen LogP contribution in [-0.2, 0) is 20.7 Å². The zero-order valence-electron chi connectivity index (χ0n) is 11.8. The number of carbonyl (C=O) groups is 1. The summed E-state index contributed by atoms with van der Waals surface area (Å²) in [4.78, 5) is 18.0. The van der Waals surface area contributed by atoms with E-state index in [-0.39, 0.29) is 5.97 Å². The average Bonchev–Trinajstić information content (AvgIpc) is 2.86. The second kappa shape index (κ2) is 8.87. The molecule has 0 atom stereocenters. The van der Waals surface area contributed by atoms with Gasteiger partial charge in [-0.3, -0.25) is 4.79 Å². The Kier molecular flexibility index (Phi) is 7.43. The number of thiazole rings is 1. The SMILES string of the molecule is CCOC(=O)CCc1csc(N(CC)CCOC)n1. The number of hydrogen-bond donors (Lipinski definition) is 0. The number of methoxy groups -OCH3 is 1. The maximum absolute atomic E-state index is 11.3. The van der Waals surface area contributed by atoms with E-state index in [1.807, 2.05) is 12.3 Å². The Hall–Kier alpha value is -1.14. The first-order valence-corrected chi connectivity index (χ1v) is 7.43. The van der Waals surface area contributed by atoms with Crippen molar-refractivity contribution in [1.82, 2.24) is 4.98 Å². The molecule has 0 unspecified atom stereocenters. The normalized spacial score (nSPS) is 10.5. The first-order chi connectivity index (χ1) is 9.21. The molecule has 0 radical (unpaired) electrons. The molecule has 0 saturated heterocycles. The van der Waals surface area contributed by atoms with Crippen LogP contribution in [0.25, 0.3) is 0 Å². The molecular formula is C13H22N2O3S. The van der Waals surface area contributed by atoms with E-state index in [4.69, 9.17) is 9.47 Å². The lowest BCUT2D eigenvalue weighted by Gasteiger charge is -2.18. The summed E-state index contributed by atoms with van der Waals surface area (Å²) in [6, 6.07) is 0. The van der Waals surface area contributed by atoms with E-state index in [1.165, 1.54) is 0 Å². The van der Waals surface area contributed by atoms with Crippen LogP contribution in [0.4, 0.5) is 5.13 Å². The number of anilines is 1. The van der Waals surface area contributed by atoms with Crippen LogP contribution in [0.15, 0.2) is 5.38 Å². The van der Waals surface area contributed by atoms with Crippen LogP contribution in [0.3, 0.4) is 0 Å². The minimum Gasteiger partial charge on any atom is -0.466 e. The summed E-state index contributed by atoms with van der Waals surface area (Å²) in [5.41, 5.74) is 0.948. The number of hydrogen-bond acceptors (Lipinski definition) is 6. The summed E-state index contributed by atoms with van der Waals surface area (Å²) in [5.74, 6) is -0.163. The van der Waals surface area contributed by atoms with Gasteiger partial charge in [-0.25, -0.2) is 4.98 Å². The van der Waals surface area contributed by atoms with Crippen LogP contribution in [0.2, 0.25) is 0 Å². The van der Waals surface area contributed by atoms with Crippen molar-refractivity contribution in [1.29, 1.82) is 0 Å². The molecule has 0 aromatic carbocycles. The summed E-state index contributed by atoms with van der Waals surface area (Å²) in [7, 11) is 1.69. The zero-order chi connectivity index (χ0) is 14.1. The summed E-state index contributed by atoms with van der Waals surface area (Å²) in [6.45, 7) is 6.75. The van der Waals surface area contributed by atoms with Gasteiger partial charge >= 0.3 is 5.97 Å². The van der Waals surface area contributed by atoms with Crippen molar-refractivity contribution < 1.29 is 14.3 Å². The van der Waals surface area contributed by atoms with Crippen molar-refractivity contribution in [2.75, 3.05) is 38.3 Å². The van der Waals surface area contributed by atoms with Gasteiger partial charge in [0.05, 0.1) is 25.3 Å². The Morgan fingerprint density at radius 1 is 1.47 bits per heavy atom. The number of esters is 1. The molecule has 19 heavy (non-hydrogen) atoms. The molecule has 5 nitrogen and oxygen atoms in total. The number of rotatable bonds is 9. The molecule has 0 aliphatic heterocycles. The molecule has 0 saturated carbocycles. The molecule has 108 valence electrons. The van der Waals surface area contributed by atoms with E-state index in [0.717, 1.165) is 23.9 Å². The van der Waals surface area contributed by atoms with E-state index in [2.05, 4.69) is 16.8 Å². The van der Waals surface area contributed by atoms with Gasteiger partial charge in [-0.15, -0.1) is 11.3 Å². The standard InChI is InChI=1S/C13H22N2O3S/c1-4-15(8-9-17-3)13-14-11(10-19-13)6-7-12(16)18-5-2/h10H,4-9H2,1-3H3. The monoisotopic (exact) mass is 286 g/mol. The van der Waals surface area contributed by atoms with Crippen LogP contribution in [0.1, 0.15) is 26.0 Å². The van der Waals surface area contributed by atoms with Crippen LogP contribution in [0, 0.1) is 0 Å². The smallest absolute Gasteiger partial charge is 0.306 e. The number of carbonyl (C=O) groups excluding carboxylic acids is 1. The molecule has 0 spiro atoms. The Balaban J connectivity index is 2.48. The van der Waals surface area contributed by atoms with Gasteiger partial charge in [0.25, 0.3) is 0 Å². The molecular weight excluding hydrogens is 264 g/mol. The fourth-order valence-electron chi connectivity index (χ4n) is 1.61. The van der Waals surface area contributed by atoms with E-state index in [9.17, 15) is 4.79 Å². The van der Waals surface area contributed by atoms with Gasteiger partial charge in [0.2, 0.25) is 0 Å². The van der Waals surface area contributed by atoms with Gasteiger partial charge in [-0.2, -0.15) is 0 Å². The van der Waals surface area contributed by atoms with Crippen molar-refractivity contribution in [3.05, 3.63) is 11.1 Å². The average molecular weight is 286 g/mol. The van der Waals surface area contributed by atoms with Crippen LogP contribution >= 0.6 is 11.3 Å². The van der Waals surface area contributed by atoms with Gasteiger partial charge < -0.3 is 14.4 Å². The summed E-state index contributed by atoms with van der Waals surface area (Å²) in [6.07, 6.45) is 1.03. The van der Waals surface area contributed by atoms with Crippen molar-refractivity contribution >= 4 is 22.4 Å². The zero-order valence-corrected chi connectivity index (χ0v) is 12.7. The van der Waals surface area contributed by atoms with Crippen LogP contribution in [-0.4, -0.2) is 44.4 Å². The topological polar surface area (TPSA) is 51.7 Å². The van der Waals surface area contributed by atoms with E-state index >= 15 is 0 Å². The molecule has 0 aliphatic carbocycles. The van der Waals surface area contributed by atoms with E-state index < -0.39 is 0 Å². The fraction of sp³-hybridized carbons (Fsp3) is 0.692. The molecule has 0 N–H and O–H groups in total. The molecule has 6 heteroatoms. The van der Waals surface area contributed by atoms with Crippen molar-refractivity contribution in [2.24, 2.45) is 0 Å². The van der Waals surface area contributed by atoms with Crippen LogP contribution in [0.5, 0.6) is 0 Å². The third kappa shape index (κ3) is 5.57. The van der Waals surface area contributed by atoms with Gasteiger partial charge in [0.15, 0.2) is 5.13 Å². The summed E-state index contributed by atoms with van der Waals surface area (Å²) < 4.78 is 9.98. The molecule has 1 rings (SSSR count). The molecule has 1 aromatic rings. The van der Waals surface area contributed by atoms with Crippen molar-refractivity contribution in [3.8, 4) is 0 Å². The molecule has 1 aromatic heterocycles. The summed E-state index contributed by atoms with van der Waals surface area (Å²) in [5, 5.41) is 2.99. The van der Waals surface area contributed by atoms with Gasteiger partial charge in [-0.05, 0) is 13.8 Å². The number of aromatic nitrogens is 1. The van der Waals surface area contributed by atoms with E-state index in [1.54, 1.807) is 18.4 Å². The largest absolute Gasteiger partial charge is 0.466 e. The first-order valence-electron chi connectivity index (χ1n) is 6.55. The number of ether oxygens (including phenoxy) is 2. The highest BCUT2D eigenvalue weighted by molar-refractivity contribution is 7.13. The highest BCUT2D eigenvalue weighted by Crippen LogP contribution is 2.21. The number of aryl methyl sites for hydroxylation is 1. The molecule has 0 aliphatic rings. The second-order valence-corrected chi connectivity index (χ2v) is 4.84. The summed E-state index contributed by atoms with van der Waals surface area (Å²) >= 11 is 1.60.